The molecule has 43 heavy (non-hydrogen) atoms. The Morgan fingerprint density at radius 2 is 1.79 bits per heavy atom. The molecule has 3 aromatic carbocycles. The molecule has 224 valence electrons. The molecular weight excluding hydrogens is 542 g/mol. The monoisotopic (exact) mass is 581 g/mol. The normalized spacial score (nSPS) is 12.0. The first-order valence-electron chi connectivity index (χ1n) is 14.8. The highest BCUT2D eigenvalue weighted by molar-refractivity contribution is 5.91. The summed E-state index contributed by atoms with van der Waals surface area (Å²) in [5, 5.41) is 6.54. The third-order valence-corrected chi connectivity index (χ3v) is 7.71. The van der Waals surface area contributed by atoms with Gasteiger partial charge in [0.05, 0.1) is 38.1 Å². The molecule has 0 aliphatic carbocycles. The number of rotatable bonds is 14. The van der Waals surface area contributed by atoms with Gasteiger partial charge < -0.3 is 20.0 Å². The number of benzene rings is 3. The SMILES string of the molecule is CCONC(=O)CCCCC[C@H](NC(=O)Cc1c(C)[nH]c2ccc(OC)cc12)c1ncc(-c2ccc3ccccc3c2)[nH]1. The molecule has 0 radical (unpaired) electrons. The number of carbonyl (C=O) groups is 2. The molecular formula is C34H39N5O4. The van der Waals surface area contributed by atoms with Crippen molar-refractivity contribution in [1.82, 2.24) is 25.7 Å². The number of carbonyl (C=O) groups excluding carboxylic acids is 2. The highest BCUT2D eigenvalue weighted by Crippen LogP contribution is 2.28. The van der Waals surface area contributed by atoms with Crippen LogP contribution in [0.3, 0.4) is 0 Å². The molecule has 0 unspecified atom stereocenters. The Bertz CT molecular complexity index is 1710. The van der Waals surface area contributed by atoms with E-state index < -0.39 is 0 Å². The van der Waals surface area contributed by atoms with Crippen molar-refractivity contribution in [3.63, 3.8) is 0 Å². The average molecular weight is 582 g/mol. The van der Waals surface area contributed by atoms with Gasteiger partial charge in [0.1, 0.15) is 11.6 Å². The summed E-state index contributed by atoms with van der Waals surface area (Å²) < 4.78 is 5.42. The quantitative estimate of drug-likeness (QED) is 0.0888. The first-order chi connectivity index (χ1) is 20.9. The lowest BCUT2D eigenvalue weighted by molar-refractivity contribution is -0.133. The number of methoxy groups -OCH3 is 1. The summed E-state index contributed by atoms with van der Waals surface area (Å²) >= 11 is 0. The largest absolute Gasteiger partial charge is 0.497 e. The summed E-state index contributed by atoms with van der Waals surface area (Å²) in [4.78, 5) is 41.9. The molecule has 0 aliphatic rings. The van der Waals surface area contributed by atoms with E-state index in [1.807, 2.05) is 50.4 Å². The summed E-state index contributed by atoms with van der Waals surface area (Å²) in [6.45, 7) is 4.24. The predicted octanol–water partition coefficient (Wildman–Crippen LogP) is 6.45. The van der Waals surface area contributed by atoms with Crippen LogP contribution in [0.5, 0.6) is 5.75 Å². The number of aromatic amines is 2. The highest BCUT2D eigenvalue weighted by atomic mass is 16.6. The summed E-state index contributed by atoms with van der Waals surface area (Å²) in [6.07, 6.45) is 5.53. The number of nitrogens with one attached hydrogen (secondary N) is 4. The highest BCUT2D eigenvalue weighted by Gasteiger charge is 2.21. The number of hydroxylamine groups is 1. The van der Waals surface area contributed by atoms with Crippen molar-refractivity contribution >= 4 is 33.5 Å². The number of aryl methyl sites for hydroxylation is 1. The molecule has 1 atom stereocenters. The maximum Gasteiger partial charge on any atom is 0.243 e. The standard InChI is InChI=1S/C34H39N5O4/c1-4-43-39-32(40)13-7-5-6-12-30(34-35-21-31(38-34)25-15-14-23-10-8-9-11-24(23)18-25)37-33(41)20-27-22(2)36-29-17-16-26(42-3)19-28(27)29/h8-11,14-19,21,30,36H,4-7,12-13,20H2,1-3H3,(H,35,38)(H,37,41)(H,39,40)/t30-/m0/s1. The number of hydrogen-bond acceptors (Lipinski definition) is 5. The van der Waals surface area contributed by atoms with E-state index in [9.17, 15) is 9.59 Å². The Balaban J connectivity index is 1.31. The zero-order valence-corrected chi connectivity index (χ0v) is 25.0. The van der Waals surface area contributed by atoms with Crippen LogP contribution < -0.4 is 15.5 Å². The fraction of sp³-hybridized carbons (Fsp3) is 0.324. The fourth-order valence-corrected chi connectivity index (χ4v) is 5.43. The van der Waals surface area contributed by atoms with Crippen LogP contribution in [0.4, 0.5) is 0 Å². The van der Waals surface area contributed by atoms with Crippen LogP contribution in [0.2, 0.25) is 0 Å². The van der Waals surface area contributed by atoms with Gasteiger partial charge in [0, 0.05) is 28.6 Å². The van der Waals surface area contributed by atoms with Crippen molar-refractivity contribution in [3.8, 4) is 17.0 Å². The van der Waals surface area contributed by atoms with Gasteiger partial charge in [-0.15, -0.1) is 0 Å². The lowest BCUT2D eigenvalue weighted by Gasteiger charge is -2.17. The molecule has 9 nitrogen and oxygen atoms in total. The van der Waals surface area contributed by atoms with Crippen LogP contribution in [0.15, 0.2) is 66.9 Å². The summed E-state index contributed by atoms with van der Waals surface area (Å²) in [7, 11) is 1.64. The molecule has 5 rings (SSSR count). The maximum absolute atomic E-state index is 13.5. The van der Waals surface area contributed by atoms with E-state index in [4.69, 9.17) is 14.6 Å². The molecule has 5 aromatic rings. The Morgan fingerprint density at radius 3 is 2.60 bits per heavy atom. The predicted molar refractivity (Wildman–Crippen MR) is 169 cm³/mol. The van der Waals surface area contributed by atoms with Gasteiger partial charge in [-0.3, -0.25) is 14.4 Å². The van der Waals surface area contributed by atoms with Crippen LogP contribution in [0.25, 0.3) is 32.9 Å². The molecule has 0 saturated heterocycles. The van der Waals surface area contributed by atoms with Crippen molar-refractivity contribution < 1.29 is 19.2 Å². The number of imidazole rings is 1. The van der Waals surface area contributed by atoms with Gasteiger partial charge in [-0.05, 0) is 67.3 Å². The zero-order chi connectivity index (χ0) is 30.2. The molecule has 0 saturated carbocycles. The minimum absolute atomic E-state index is 0.0865. The molecule has 0 fully saturated rings. The molecule has 0 bridgehead atoms. The lowest BCUT2D eigenvalue weighted by atomic mass is 10.0. The number of aromatic nitrogens is 3. The molecule has 0 aliphatic heterocycles. The number of H-pyrrole nitrogens is 2. The second-order valence-electron chi connectivity index (χ2n) is 10.7. The summed E-state index contributed by atoms with van der Waals surface area (Å²) in [5.74, 6) is 1.25. The second-order valence-corrected chi connectivity index (χ2v) is 10.7. The van der Waals surface area contributed by atoms with Crippen molar-refractivity contribution in [1.29, 1.82) is 0 Å². The van der Waals surface area contributed by atoms with Gasteiger partial charge >= 0.3 is 0 Å². The van der Waals surface area contributed by atoms with Crippen LogP contribution in [-0.2, 0) is 20.8 Å². The van der Waals surface area contributed by atoms with Crippen LogP contribution in [0.1, 0.15) is 62.2 Å². The fourth-order valence-electron chi connectivity index (χ4n) is 5.43. The average Bonchev–Trinajstić information content (AvgIpc) is 3.63. The van der Waals surface area contributed by atoms with E-state index in [1.165, 1.54) is 5.39 Å². The van der Waals surface area contributed by atoms with Gasteiger partial charge in [-0.1, -0.05) is 49.2 Å². The summed E-state index contributed by atoms with van der Waals surface area (Å²) in [6, 6.07) is 20.1. The van der Waals surface area contributed by atoms with E-state index in [2.05, 4.69) is 51.1 Å². The number of amides is 2. The maximum atomic E-state index is 13.5. The number of nitrogens with zero attached hydrogens (tertiary/aromatic N) is 1. The molecule has 0 spiro atoms. The minimum Gasteiger partial charge on any atom is -0.497 e. The second kappa shape index (κ2) is 14.0. The first kappa shape index (κ1) is 29.8. The van der Waals surface area contributed by atoms with E-state index >= 15 is 0 Å². The molecule has 4 N–H and O–H groups in total. The van der Waals surface area contributed by atoms with E-state index in [0.29, 0.717) is 25.3 Å². The topological polar surface area (TPSA) is 121 Å². The van der Waals surface area contributed by atoms with E-state index in [1.54, 1.807) is 7.11 Å². The van der Waals surface area contributed by atoms with Crippen molar-refractivity contribution in [2.45, 2.75) is 58.4 Å². The number of ether oxygens (including phenoxy) is 1. The van der Waals surface area contributed by atoms with Gasteiger partial charge in [0.15, 0.2) is 0 Å². The number of unbranched alkanes of at least 4 members (excludes halogenated alkanes) is 2. The summed E-state index contributed by atoms with van der Waals surface area (Å²) in [5.41, 5.74) is 7.24. The Kier molecular flexibility index (Phi) is 9.73. The molecule has 9 heteroatoms. The smallest absolute Gasteiger partial charge is 0.243 e. The number of hydrogen-bond donors (Lipinski definition) is 4. The van der Waals surface area contributed by atoms with Gasteiger partial charge in [0.2, 0.25) is 11.8 Å². The van der Waals surface area contributed by atoms with Gasteiger partial charge in [-0.25, -0.2) is 10.5 Å². The molecule has 2 heterocycles. The van der Waals surface area contributed by atoms with Crippen LogP contribution in [-0.4, -0.2) is 40.5 Å². The lowest BCUT2D eigenvalue weighted by Crippen LogP contribution is -2.30. The zero-order valence-electron chi connectivity index (χ0n) is 25.0. The number of fused-ring (bicyclic) bond motifs is 2. The minimum atomic E-state index is -0.306. The van der Waals surface area contributed by atoms with E-state index in [-0.39, 0.29) is 24.3 Å². The van der Waals surface area contributed by atoms with Crippen LogP contribution in [0, 0.1) is 6.92 Å². The Morgan fingerprint density at radius 1 is 0.953 bits per heavy atom. The third kappa shape index (κ3) is 7.42. The van der Waals surface area contributed by atoms with Crippen molar-refractivity contribution in [2.24, 2.45) is 0 Å². The van der Waals surface area contributed by atoms with Gasteiger partial charge in [0.25, 0.3) is 0 Å². The molecule has 2 amide bonds. The Labute approximate surface area is 251 Å². The van der Waals surface area contributed by atoms with Crippen LogP contribution >= 0.6 is 0 Å². The van der Waals surface area contributed by atoms with Crippen molar-refractivity contribution in [2.75, 3.05) is 13.7 Å². The first-order valence-corrected chi connectivity index (χ1v) is 14.8. The molecule has 2 aromatic heterocycles. The third-order valence-electron chi connectivity index (χ3n) is 7.71. The van der Waals surface area contributed by atoms with E-state index in [0.717, 1.165) is 63.8 Å². The van der Waals surface area contributed by atoms with Crippen molar-refractivity contribution in [3.05, 3.63) is 83.9 Å². The Hall–Kier alpha value is -4.63. The van der Waals surface area contributed by atoms with Gasteiger partial charge in [-0.2, -0.15) is 0 Å².